The summed E-state index contributed by atoms with van der Waals surface area (Å²) in [5, 5.41) is 47.2. The maximum absolute atomic E-state index is 14.0. The lowest BCUT2D eigenvalue weighted by Crippen LogP contribution is -2.59. The molecule has 0 saturated carbocycles. The van der Waals surface area contributed by atoms with Crippen LogP contribution in [-0.2, 0) is 47.5 Å². The summed E-state index contributed by atoms with van der Waals surface area (Å²) in [6.07, 6.45) is 3.13. The lowest BCUT2D eigenvalue weighted by atomic mass is 9.77. The summed E-state index contributed by atoms with van der Waals surface area (Å²) >= 11 is 0. The molecule has 0 bridgehead atoms. The number of rotatable bonds is 14. The highest BCUT2D eigenvalue weighted by atomic mass is 16.7. The maximum Gasteiger partial charge on any atom is 0.404 e. The SMILES string of the molecule is C/C=C/[C@H]1O[C@@](O)([C@@H](C)[C@H](O)[C@H](C)[C@H]2OC(=O)/C(OC)=C/C(C)=C/[C@@H](C)[C@@H](O)[C@@H](C)[C@@H](O)[C@H](C)C/C(C)=C/C=C/[C@@H]2OC)C[C@@H](O[C@@H]2C[C@H](OC(=O)CCCC)[C@@H](OC(N)=O)[C@H](C)O2)[C@@H]1C. The molecular weight excluding hydrogens is 855 g/mol. The lowest BCUT2D eigenvalue weighted by molar-refractivity contribution is -0.339. The third-order valence-electron chi connectivity index (χ3n) is 13.5. The predicted molar refractivity (Wildman–Crippen MR) is 247 cm³/mol. The normalized spacial score (nSPS) is 39.8. The van der Waals surface area contributed by atoms with Gasteiger partial charge in [0.25, 0.3) is 0 Å². The van der Waals surface area contributed by atoms with Gasteiger partial charge in [-0.2, -0.15) is 0 Å². The Kier molecular flexibility index (Phi) is 22.5. The Labute approximate surface area is 392 Å². The first-order chi connectivity index (χ1) is 31.0. The van der Waals surface area contributed by atoms with Gasteiger partial charge in [-0.25, -0.2) is 9.59 Å². The molecule has 0 aromatic rings. The molecule has 1 amide bonds. The first-order valence-electron chi connectivity index (χ1n) is 23.6. The molecule has 0 aromatic heterocycles. The van der Waals surface area contributed by atoms with E-state index in [1.165, 1.54) is 20.3 Å². The Bertz CT molecular complexity index is 1730. The number of carbonyl (C=O) groups is 3. The Hall–Kier alpha value is -3.61. The van der Waals surface area contributed by atoms with Crippen molar-refractivity contribution in [2.45, 2.75) is 188 Å². The summed E-state index contributed by atoms with van der Waals surface area (Å²) in [4.78, 5) is 38.6. The van der Waals surface area contributed by atoms with Gasteiger partial charge in [0.1, 0.15) is 18.3 Å². The number of ether oxygens (including phenoxy) is 8. The van der Waals surface area contributed by atoms with Gasteiger partial charge < -0.3 is 64.1 Å². The van der Waals surface area contributed by atoms with Crippen LogP contribution in [0, 0.1) is 35.5 Å². The van der Waals surface area contributed by atoms with Crippen LogP contribution in [0.4, 0.5) is 4.79 Å². The summed E-state index contributed by atoms with van der Waals surface area (Å²) in [5.74, 6) is -6.67. The number of nitrogens with two attached hydrogens (primary N) is 1. The van der Waals surface area contributed by atoms with Crippen molar-refractivity contribution in [2.75, 3.05) is 14.2 Å². The quantitative estimate of drug-likeness (QED) is 0.0727. The molecule has 2 fully saturated rings. The van der Waals surface area contributed by atoms with Crippen LogP contribution in [0.15, 0.2) is 59.4 Å². The highest BCUT2D eigenvalue weighted by Gasteiger charge is 2.53. The van der Waals surface area contributed by atoms with Crippen LogP contribution in [0.5, 0.6) is 0 Å². The van der Waals surface area contributed by atoms with E-state index in [-0.39, 0.29) is 42.8 Å². The fourth-order valence-corrected chi connectivity index (χ4v) is 9.29. The van der Waals surface area contributed by atoms with Crippen molar-refractivity contribution < 1.29 is 72.7 Å². The zero-order chi connectivity index (χ0) is 49.6. The second-order valence-electron chi connectivity index (χ2n) is 18.8. The second kappa shape index (κ2) is 26.2. The Morgan fingerprint density at radius 2 is 1.71 bits per heavy atom. The fourth-order valence-electron chi connectivity index (χ4n) is 9.29. The van der Waals surface area contributed by atoms with Crippen LogP contribution in [0.3, 0.4) is 0 Å². The molecule has 376 valence electrons. The van der Waals surface area contributed by atoms with Crippen molar-refractivity contribution >= 4 is 18.0 Å². The van der Waals surface area contributed by atoms with Crippen LogP contribution < -0.4 is 5.73 Å². The molecule has 0 aliphatic carbocycles. The Morgan fingerprint density at radius 3 is 2.32 bits per heavy atom. The van der Waals surface area contributed by atoms with Gasteiger partial charge in [0, 0.05) is 56.0 Å². The van der Waals surface area contributed by atoms with Crippen LogP contribution in [0.2, 0.25) is 0 Å². The van der Waals surface area contributed by atoms with Crippen LogP contribution in [0.25, 0.3) is 0 Å². The van der Waals surface area contributed by atoms with Gasteiger partial charge in [-0.3, -0.25) is 4.79 Å². The Morgan fingerprint density at radius 1 is 1.03 bits per heavy atom. The monoisotopic (exact) mass is 936 g/mol. The largest absolute Gasteiger partial charge is 0.490 e. The number of hydrogen-bond donors (Lipinski definition) is 5. The number of hydrogen-bond acceptors (Lipinski definition) is 15. The molecule has 3 aliphatic rings. The van der Waals surface area contributed by atoms with Crippen molar-refractivity contribution in [3.05, 3.63) is 59.4 Å². The van der Waals surface area contributed by atoms with E-state index in [9.17, 15) is 34.8 Å². The lowest BCUT2D eigenvalue weighted by Gasteiger charge is -2.50. The van der Waals surface area contributed by atoms with Crippen molar-refractivity contribution in [3.8, 4) is 0 Å². The molecule has 0 radical (unpaired) electrons. The fraction of sp³-hybridized carbons (Fsp3) is 0.740. The standard InChI is InChI=1S/C50H81NO15/c1-14-16-21-41(52)62-38-25-42(61-35(11)47(38)65-49(51)57)63-40-26-50(58,66-36(18-15-2)31(40)7)34(10)45(55)33(9)46-37(59-12)20-17-19-27(3)22-29(5)43(53)32(8)44(54)30(6)23-28(4)24-39(60-13)48(56)64-46/h15,17-20,23-24,29-38,40,42-47,53-55,58H,14,16,21-22,25-26H2,1-13H3,(H2,51,57)/b18-15+,20-17+,27-19+,28-23+,39-24-/t29-,30-,31-,32+,33+,34+,35+,36-,37+,38+,40-,42-,43+,44-,45-,46-,47+,50-/m1/s1. The molecule has 0 aromatic carbocycles. The van der Waals surface area contributed by atoms with Gasteiger partial charge in [-0.15, -0.1) is 0 Å². The van der Waals surface area contributed by atoms with E-state index in [1.807, 2.05) is 54.5 Å². The Balaban J connectivity index is 2.01. The minimum Gasteiger partial charge on any atom is -0.490 e. The smallest absolute Gasteiger partial charge is 0.404 e. The summed E-state index contributed by atoms with van der Waals surface area (Å²) in [6, 6.07) is 0. The zero-order valence-corrected chi connectivity index (χ0v) is 41.5. The minimum absolute atomic E-state index is 0.00816. The predicted octanol–water partition coefficient (Wildman–Crippen LogP) is 6.33. The van der Waals surface area contributed by atoms with E-state index in [4.69, 9.17) is 43.6 Å². The topological polar surface area (TPSA) is 232 Å². The highest BCUT2D eigenvalue weighted by Crippen LogP contribution is 2.42. The van der Waals surface area contributed by atoms with E-state index >= 15 is 0 Å². The van der Waals surface area contributed by atoms with Gasteiger partial charge in [-0.05, 0) is 52.5 Å². The van der Waals surface area contributed by atoms with Gasteiger partial charge in [0.15, 0.2) is 18.2 Å². The molecule has 18 atom stereocenters. The van der Waals surface area contributed by atoms with Crippen molar-refractivity contribution in [1.29, 1.82) is 0 Å². The first-order valence-corrected chi connectivity index (χ1v) is 23.6. The molecule has 0 unspecified atom stereocenters. The molecule has 3 aliphatic heterocycles. The molecule has 16 nitrogen and oxygen atoms in total. The zero-order valence-electron chi connectivity index (χ0n) is 41.5. The average molecular weight is 936 g/mol. The molecule has 2 saturated heterocycles. The maximum atomic E-state index is 14.0. The molecule has 3 heterocycles. The molecule has 6 N–H and O–H groups in total. The number of esters is 2. The number of aliphatic hydroxyl groups is 4. The van der Waals surface area contributed by atoms with E-state index in [0.29, 0.717) is 18.4 Å². The number of methoxy groups -OCH3 is 2. The van der Waals surface area contributed by atoms with Crippen LogP contribution >= 0.6 is 0 Å². The molecular formula is C50H81NO15. The van der Waals surface area contributed by atoms with Crippen molar-refractivity contribution in [3.63, 3.8) is 0 Å². The number of unbranched alkanes of at least 4 members (excludes halogenated alkanes) is 1. The number of allylic oxidation sites excluding steroid dienone is 6. The summed E-state index contributed by atoms with van der Waals surface area (Å²) in [5.41, 5.74) is 6.93. The summed E-state index contributed by atoms with van der Waals surface area (Å²) in [6.45, 7) is 20.0. The van der Waals surface area contributed by atoms with E-state index in [0.717, 1.165) is 12.0 Å². The number of aliphatic hydroxyl groups excluding tert-OH is 3. The van der Waals surface area contributed by atoms with Gasteiger partial charge in [0.2, 0.25) is 5.76 Å². The molecule has 66 heavy (non-hydrogen) atoms. The molecule has 3 rings (SSSR count). The van der Waals surface area contributed by atoms with Crippen LogP contribution in [-0.4, -0.2) is 126 Å². The second-order valence-corrected chi connectivity index (χ2v) is 18.8. The summed E-state index contributed by atoms with van der Waals surface area (Å²) < 4.78 is 47.9. The van der Waals surface area contributed by atoms with Gasteiger partial charge in [0.05, 0.1) is 43.7 Å². The minimum atomic E-state index is -2.00. The van der Waals surface area contributed by atoms with Crippen molar-refractivity contribution in [1.82, 2.24) is 0 Å². The average Bonchev–Trinajstić information content (AvgIpc) is 3.26. The van der Waals surface area contributed by atoms with Crippen LogP contribution in [0.1, 0.15) is 115 Å². The number of cyclic esters (lactones) is 1. The third kappa shape index (κ3) is 15.5. The first kappa shape index (κ1) is 56.7. The van der Waals surface area contributed by atoms with Crippen molar-refractivity contribution in [2.24, 2.45) is 41.2 Å². The van der Waals surface area contributed by atoms with E-state index < -0.39 is 109 Å². The van der Waals surface area contributed by atoms with Gasteiger partial charge in [-0.1, -0.05) is 102 Å². The molecule has 16 heteroatoms. The van der Waals surface area contributed by atoms with Gasteiger partial charge >= 0.3 is 18.0 Å². The summed E-state index contributed by atoms with van der Waals surface area (Å²) in [7, 11) is 2.80. The third-order valence-corrected chi connectivity index (χ3v) is 13.5. The van der Waals surface area contributed by atoms with E-state index in [2.05, 4.69) is 0 Å². The molecule has 0 spiro atoms. The number of primary amides is 1. The number of carbonyl (C=O) groups excluding carboxylic acids is 3. The van der Waals surface area contributed by atoms with E-state index in [1.54, 1.807) is 58.1 Å². The highest BCUT2D eigenvalue weighted by molar-refractivity contribution is 5.87. The number of amides is 1.